The molecule has 1 aromatic heterocycles. The molecule has 0 aliphatic carbocycles. The molecule has 2 N–H and O–H groups in total. The van der Waals surface area contributed by atoms with Gasteiger partial charge < -0.3 is 15.2 Å². The number of carbonyl (C=O) groups excluding carboxylic acids is 2. The number of hydrogen-bond acceptors (Lipinski definition) is 5. The minimum absolute atomic E-state index is 0.418. The van der Waals surface area contributed by atoms with Gasteiger partial charge in [-0.25, -0.2) is 4.79 Å². The molecule has 6 heteroatoms. The van der Waals surface area contributed by atoms with E-state index in [2.05, 4.69) is 0 Å². The molecular weight excluding hydrogens is 290 g/mol. The summed E-state index contributed by atoms with van der Waals surface area (Å²) in [5.41, 5.74) is 7.00. The summed E-state index contributed by atoms with van der Waals surface area (Å²) in [6.07, 6.45) is -0.944. The molecule has 1 aliphatic rings. The standard InChI is InChI=1S/C15H13NO4S/c1-8(14(16)17)20-15(18)12-6-9-7-19-11-5-3-2-4-10(11)13(9)21-12/h2-6,8H,7H2,1H3,(H2,16,17). The van der Waals surface area contributed by atoms with Crippen molar-refractivity contribution in [3.05, 3.63) is 40.8 Å². The Kier molecular flexibility index (Phi) is 3.39. The van der Waals surface area contributed by atoms with E-state index in [1.165, 1.54) is 18.3 Å². The van der Waals surface area contributed by atoms with Crippen LogP contribution in [0, 0.1) is 0 Å². The highest BCUT2D eigenvalue weighted by Gasteiger charge is 2.24. The zero-order valence-electron chi connectivity index (χ0n) is 11.3. The Morgan fingerprint density at radius 3 is 2.90 bits per heavy atom. The quantitative estimate of drug-likeness (QED) is 0.883. The maximum atomic E-state index is 12.0. The second-order valence-electron chi connectivity index (χ2n) is 4.70. The van der Waals surface area contributed by atoms with Crippen molar-refractivity contribution in [2.24, 2.45) is 5.73 Å². The van der Waals surface area contributed by atoms with E-state index in [1.807, 2.05) is 24.3 Å². The van der Waals surface area contributed by atoms with Crippen LogP contribution in [0.25, 0.3) is 10.4 Å². The van der Waals surface area contributed by atoms with Crippen LogP contribution in [0.1, 0.15) is 22.2 Å². The SMILES string of the molecule is CC(OC(=O)c1cc2c(s1)-c1ccccc1OC2)C(N)=O. The molecule has 3 rings (SSSR count). The van der Waals surface area contributed by atoms with Crippen LogP contribution in [0.5, 0.6) is 5.75 Å². The van der Waals surface area contributed by atoms with Crippen LogP contribution in [0.3, 0.4) is 0 Å². The van der Waals surface area contributed by atoms with Crippen molar-refractivity contribution in [2.75, 3.05) is 0 Å². The predicted octanol–water partition coefficient (Wildman–Crippen LogP) is 2.34. The van der Waals surface area contributed by atoms with E-state index in [9.17, 15) is 9.59 Å². The van der Waals surface area contributed by atoms with Crippen molar-refractivity contribution < 1.29 is 19.1 Å². The van der Waals surface area contributed by atoms with E-state index in [1.54, 1.807) is 6.07 Å². The second-order valence-corrected chi connectivity index (χ2v) is 5.75. The van der Waals surface area contributed by atoms with E-state index < -0.39 is 18.0 Å². The minimum Gasteiger partial charge on any atom is -0.488 e. The molecule has 0 saturated carbocycles. The van der Waals surface area contributed by atoms with Gasteiger partial charge in [0, 0.05) is 16.0 Å². The Morgan fingerprint density at radius 2 is 2.14 bits per heavy atom. The molecule has 21 heavy (non-hydrogen) atoms. The highest BCUT2D eigenvalue weighted by Crippen LogP contribution is 2.42. The molecule has 0 saturated heterocycles. The van der Waals surface area contributed by atoms with Crippen LogP contribution >= 0.6 is 11.3 Å². The molecule has 5 nitrogen and oxygen atoms in total. The lowest BCUT2D eigenvalue weighted by molar-refractivity contribution is -0.125. The summed E-state index contributed by atoms with van der Waals surface area (Å²) < 4.78 is 10.7. The van der Waals surface area contributed by atoms with Gasteiger partial charge in [-0.1, -0.05) is 12.1 Å². The molecule has 1 amide bonds. The minimum atomic E-state index is -0.944. The highest BCUT2D eigenvalue weighted by atomic mass is 32.1. The van der Waals surface area contributed by atoms with Crippen LogP contribution in [0.15, 0.2) is 30.3 Å². The number of rotatable bonds is 3. The summed E-state index contributed by atoms with van der Waals surface area (Å²) in [6.45, 7) is 1.87. The number of primary amides is 1. The third-order valence-electron chi connectivity index (χ3n) is 3.21. The monoisotopic (exact) mass is 303 g/mol. The largest absolute Gasteiger partial charge is 0.488 e. The molecule has 108 valence electrons. The average molecular weight is 303 g/mol. The van der Waals surface area contributed by atoms with Crippen LogP contribution in [-0.2, 0) is 16.1 Å². The Balaban J connectivity index is 1.90. The number of carbonyl (C=O) groups is 2. The van der Waals surface area contributed by atoms with Gasteiger partial charge in [-0.05, 0) is 25.1 Å². The Morgan fingerprint density at radius 1 is 1.38 bits per heavy atom. The van der Waals surface area contributed by atoms with E-state index in [4.69, 9.17) is 15.2 Å². The first-order valence-corrected chi connectivity index (χ1v) is 7.23. The zero-order chi connectivity index (χ0) is 15.0. The van der Waals surface area contributed by atoms with Crippen molar-refractivity contribution in [1.29, 1.82) is 0 Å². The lowest BCUT2D eigenvalue weighted by Gasteiger charge is -2.16. The molecule has 2 aromatic rings. The lowest BCUT2D eigenvalue weighted by Crippen LogP contribution is -2.30. The fraction of sp³-hybridized carbons (Fsp3) is 0.200. The number of amides is 1. The third kappa shape index (κ3) is 2.50. The van der Waals surface area contributed by atoms with Crippen molar-refractivity contribution in [3.63, 3.8) is 0 Å². The fourth-order valence-electron chi connectivity index (χ4n) is 2.08. The van der Waals surface area contributed by atoms with Crippen LogP contribution in [-0.4, -0.2) is 18.0 Å². The van der Waals surface area contributed by atoms with E-state index in [0.29, 0.717) is 11.5 Å². The summed E-state index contributed by atoms with van der Waals surface area (Å²) in [5.74, 6) is -0.409. The Hall–Kier alpha value is -2.34. The van der Waals surface area contributed by atoms with Crippen molar-refractivity contribution in [3.8, 4) is 16.2 Å². The van der Waals surface area contributed by atoms with Gasteiger partial charge in [0.2, 0.25) is 0 Å². The van der Waals surface area contributed by atoms with Gasteiger partial charge in [0.1, 0.15) is 17.2 Å². The first-order valence-electron chi connectivity index (χ1n) is 6.41. The molecule has 1 aliphatic heterocycles. The second kappa shape index (κ2) is 5.21. The van der Waals surface area contributed by atoms with Crippen molar-refractivity contribution in [2.45, 2.75) is 19.6 Å². The van der Waals surface area contributed by atoms with Crippen molar-refractivity contribution >= 4 is 23.2 Å². The number of benzene rings is 1. The summed E-state index contributed by atoms with van der Waals surface area (Å²) in [4.78, 5) is 24.4. The van der Waals surface area contributed by atoms with Crippen LogP contribution in [0.4, 0.5) is 0 Å². The molecule has 1 unspecified atom stereocenters. The Labute approximate surface area is 125 Å². The smallest absolute Gasteiger partial charge is 0.349 e. The Bertz CT molecular complexity index is 722. The maximum absolute atomic E-state index is 12.0. The summed E-state index contributed by atoms with van der Waals surface area (Å²) in [7, 11) is 0. The molecular formula is C15H13NO4S. The molecule has 1 aromatic carbocycles. The van der Waals surface area contributed by atoms with Crippen LogP contribution in [0.2, 0.25) is 0 Å². The number of fused-ring (bicyclic) bond motifs is 3. The topological polar surface area (TPSA) is 78.6 Å². The molecule has 0 bridgehead atoms. The summed E-state index contributed by atoms with van der Waals surface area (Å²) in [5, 5.41) is 0. The molecule has 2 heterocycles. The number of esters is 1. The number of hydrogen-bond donors (Lipinski definition) is 1. The van der Waals surface area contributed by atoms with Gasteiger partial charge in [0.05, 0.1) is 0 Å². The third-order valence-corrected chi connectivity index (χ3v) is 4.40. The maximum Gasteiger partial charge on any atom is 0.349 e. The highest BCUT2D eigenvalue weighted by molar-refractivity contribution is 7.17. The number of ether oxygens (including phenoxy) is 2. The predicted molar refractivity (Wildman–Crippen MR) is 78.2 cm³/mol. The van der Waals surface area contributed by atoms with Gasteiger partial charge in [-0.2, -0.15) is 0 Å². The average Bonchev–Trinajstić information content (AvgIpc) is 2.91. The van der Waals surface area contributed by atoms with Crippen molar-refractivity contribution in [1.82, 2.24) is 0 Å². The zero-order valence-corrected chi connectivity index (χ0v) is 12.1. The van der Waals surface area contributed by atoms with E-state index in [0.717, 1.165) is 21.8 Å². The number of thiophene rings is 1. The molecule has 0 fully saturated rings. The van der Waals surface area contributed by atoms with Gasteiger partial charge in [-0.3, -0.25) is 4.79 Å². The van der Waals surface area contributed by atoms with Crippen LogP contribution < -0.4 is 10.5 Å². The first-order chi connectivity index (χ1) is 10.1. The van der Waals surface area contributed by atoms with Gasteiger partial charge in [-0.15, -0.1) is 11.3 Å². The van der Waals surface area contributed by atoms with Gasteiger partial charge >= 0.3 is 5.97 Å². The first kappa shape index (κ1) is 13.6. The summed E-state index contributed by atoms with van der Waals surface area (Å²) in [6, 6.07) is 9.41. The summed E-state index contributed by atoms with van der Waals surface area (Å²) >= 11 is 1.33. The number of nitrogens with two attached hydrogens (primary N) is 1. The fourth-order valence-corrected chi connectivity index (χ4v) is 3.16. The van der Waals surface area contributed by atoms with Gasteiger partial charge in [0.25, 0.3) is 5.91 Å². The van der Waals surface area contributed by atoms with E-state index in [-0.39, 0.29) is 0 Å². The number of para-hydroxylation sites is 1. The molecule has 0 radical (unpaired) electrons. The molecule has 0 spiro atoms. The van der Waals surface area contributed by atoms with E-state index >= 15 is 0 Å². The normalized spacial score (nSPS) is 13.6. The molecule has 1 atom stereocenters. The van der Waals surface area contributed by atoms with Gasteiger partial charge in [0.15, 0.2) is 6.10 Å². The lowest BCUT2D eigenvalue weighted by atomic mass is 10.1.